The lowest BCUT2D eigenvalue weighted by atomic mass is 9.97. The van der Waals surface area contributed by atoms with E-state index >= 15 is 0 Å². The average molecular weight is 511 g/mol. The molecule has 11 heteroatoms. The van der Waals surface area contributed by atoms with Gasteiger partial charge in [-0.1, -0.05) is 6.92 Å². The van der Waals surface area contributed by atoms with E-state index in [1.165, 1.54) is 24.5 Å². The van der Waals surface area contributed by atoms with Gasteiger partial charge in [-0.05, 0) is 54.6 Å². The number of aryl methyl sites for hydroxylation is 1. The first-order valence-corrected chi connectivity index (χ1v) is 12.0. The predicted octanol–water partition coefficient (Wildman–Crippen LogP) is 3.21. The summed E-state index contributed by atoms with van der Waals surface area (Å²) in [6.45, 7) is 1.79. The highest BCUT2D eigenvalue weighted by atomic mass is 19.1. The molecule has 38 heavy (non-hydrogen) atoms. The molecule has 0 spiro atoms. The standard InChI is InChI=1S/C27H23FN8O2/c1-16-23(32-26(37)25-29-11-3-12-30-25)24(21-10-13-34(2)33-21)35(27(16)38)20-8-9-22-17(14-20)15-31-36(22)19-6-4-18(28)5-7-19/h3-16,23-24H,1-2H3,(H,32,37)/t16-,23-,24+/m0/s1. The summed E-state index contributed by atoms with van der Waals surface area (Å²) < 4.78 is 16.8. The van der Waals surface area contributed by atoms with Crippen LogP contribution >= 0.6 is 0 Å². The van der Waals surface area contributed by atoms with Crippen LogP contribution in [-0.2, 0) is 11.8 Å². The van der Waals surface area contributed by atoms with Gasteiger partial charge < -0.3 is 10.2 Å². The number of fused-ring (bicyclic) bond motifs is 1. The van der Waals surface area contributed by atoms with E-state index in [4.69, 9.17) is 0 Å². The summed E-state index contributed by atoms with van der Waals surface area (Å²) in [4.78, 5) is 36.4. The Morgan fingerprint density at radius 2 is 1.76 bits per heavy atom. The summed E-state index contributed by atoms with van der Waals surface area (Å²) in [6, 6.07) is 14.0. The molecule has 0 aliphatic carbocycles. The lowest BCUT2D eigenvalue weighted by Crippen LogP contribution is -2.42. The molecule has 1 saturated heterocycles. The molecule has 5 aromatic rings. The molecule has 190 valence electrons. The number of rotatable bonds is 5. The summed E-state index contributed by atoms with van der Waals surface area (Å²) in [7, 11) is 1.80. The first-order chi connectivity index (χ1) is 18.4. The van der Waals surface area contributed by atoms with Gasteiger partial charge in [0.25, 0.3) is 5.91 Å². The number of nitrogens with one attached hydrogen (secondary N) is 1. The van der Waals surface area contributed by atoms with Crippen molar-refractivity contribution in [1.82, 2.24) is 34.8 Å². The van der Waals surface area contributed by atoms with E-state index < -0.39 is 23.9 Å². The Morgan fingerprint density at radius 1 is 1.03 bits per heavy atom. The zero-order chi connectivity index (χ0) is 26.4. The van der Waals surface area contributed by atoms with Gasteiger partial charge in [-0.3, -0.25) is 14.3 Å². The Morgan fingerprint density at radius 3 is 2.47 bits per heavy atom. The Hall–Kier alpha value is -4.93. The Kier molecular flexibility index (Phi) is 5.67. The van der Waals surface area contributed by atoms with Gasteiger partial charge in [-0.25, -0.2) is 19.0 Å². The van der Waals surface area contributed by atoms with Crippen molar-refractivity contribution in [2.45, 2.75) is 19.0 Å². The van der Waals surface area contributed by atoms with Crippen LogP contribution in [0.4, 0.5) is 10.1 Å². The third kappa shape index (κ3) is 3.97. The van der Waals surface area contributed by atoms with E-state index in [0.29, 0.717) is 11.4 Å². The van der Waals surface area contributed by atoms with Crippen molar-refractivity contribution < 1.29 is 14.0 Å². The molecule has 6 rings (SSSR count). The highest BCUT2D eigenvalue weighted by Gasteiger charge is 2.49. The maximum absolute atomic E-state index is 13.7. The predicted molar refractivity (Wildman–Crippen MR) is 137 cm³/mol. The van der Waals surface area contributed by atoms with Crippen LogP contribution < -0.4 is 10.2 Å². The average Bonchev–Trinajstić information content (AvgIpc) is 3.62. The third-order valence-electron chi connectivity index (χ3n) is 6.79. The fourth-order valence-corrected chi connectivity index (χ4v) is 4.93. The number of carbonyl (C=O) groups excluding carboxylic acids is 2. The number of nitrogens with zero attached hydrogens (tertiary/aromatic N) is 7. The van der Waals surface area contributed by atoms with Crippen molar-refractivity contribution in [3.8, 4) is 5.69 Å². The summed E-state index contributed by atoms with van der Waals surface area (Å²) >= 11 is 0. The molecule has 2 amide bonds. The van der Waals surface area contributed by atoms with E-state index in [0.717, 1.165) is 16.6 Å². The van der Waals surface area contributed by atoms with E-state index in [-0.39, 0.29) is 17.5 Å². The van der Waals surface area contributed by atoms with Gasteiger partial charge in [0.15, 0.2) is 0 Å². The number of benzene rings is 2. The van der Waals surface area contributed by atoms with Gasteiger partial charge in [0.2, 0.25) is 11.7 Å². The number of carbonyl (C=O) groups is 2. The molecule has 0 saturated carbocycles. The number of aromatic nitrogens is 6. The minimum absolute atomic E-state index is 0.0278. The smallest absolute Gasteiger partial charge is 0.289 e. The second kappa shape index (κ2) is 9.18. The van der Waals surface area contributed by atoms with Crippen LogP contribution in [0.3, 0.4) is 0 Å². The number of anilines is 1. The molecule has 1 aliphatic heterocycles. The largest absolute Gasteiger partial charge is 0.343 e. The van der Waals surface area contributed by atoms with Gasteiger partial charge in [0, 0.05) is 36.7 Å². The van der Waals surface area contributed by atoms with E-state index in [2.05, 4.69) is 25.5 Å². The normalized spacial score (nSPS) is 19.3. The van der Waals surface area contributed by atoms with Crippen LogP contribution in [0.5, 0.6) is 0 Å². The van der Waals surface area contributed by atoms with Gasteiger partial charge in [0.1, 0.15) is 11.9 Å². The van der Waals surface area contributed by atoms with Gasteiger partial charge >= 0.3 is 0 Å². The van der Waals surface area contributed by atoms with Crippen molar-refractivity contribution in [3.05, 3.63) is 96.7 Å². The number of amides is 2. The monoisotopic (exact) mass is 510 g/mol. The van der Waals surface area contributed by atoms with Gasteiger partial charge in [-0.2, -0.15) is 10.2 Å². The molecule has 3 atom stereocenters. The zero-order valence-electron chi connectivity index (χ0n) is 20.6. The van der Waals surface area contributed by atoms with Crippen LogP contribution in [0.25, 0.3) is 16.6 Å². The highest BCUT2D eigenvalue weighted by molar-refractivity contribution is 6.02. The number of hydrogen-bond acceptors (Lipinski definition) is 6. The molecule has 0 bridgehead atoms. The van der Waals surface area contributed by atoms with Crippen LogP contribution in [0, 0.1) is 11.7 Å². The minimum Gasteiger partial charge on any atom is -0.343 e. The van der Waals surface area contributed by atoms with Crippen molar-refractivity contribution in [2.75, 3.05) is 4.90 Å². The van der Waals surface area contributed by atoms with Crippen molar-refractivity contribution in [2.24, 2.45) is 13.0 Å². The molecular formula is C27H23FN8O2. The van der Waals surface area contributed by atoms with Crippen molar-refractivity contribution in [3.63, 3.8) is 0 Å². The van der Waals surface area contributed by atoms with Gasteiger partial charge in [-0.15, -0.1) is 0 Å². The zero-order valence-corrected chi connectivity index (χ0v) is 20.6. The molecule has 1 N–H and O–H groups in total. The molecule has 3 aromatic heterocycles. The van der Waals surface area contributed by atoms with Crippen molar-refractivity contribution in [1.29, 1.82) is 0 Å². The second-order valence-corrected chi connectivity index (χ2v) is 9.20. The molecule has 0 radical (unpaired) electrons. The number of hydrogen-bond donors (Lipinski definition) is 1. The fraction of sp³-hybridized carbons (Fsp3) is 0.185. The summed E-state index contributed by atoms with van der Waals surface area (Å²) in [5, 5.41) is 12.8. The minimum atomic E-state index is -0.577. The maximum atomic E-state index is 13.7. The SMILES string of the molecule is C[C@@H]1C(=O)N(c2ccc3c(cnn3-c3ccc(F)cc3)c2)[C@H](c2ccn(C)n2)[C@H]1NC(=O)c1ncccn1. The quantitative estimate of drug-likeness (QED) is 0.389. The maximum Gasteiger partial charge on any atom is 0.289 e. The second-order valence-electron chi connectivity index (χ2n) is 9.20. The third-order valence-corrected chi connectivity index (χ3v) is 6.79. The van der Waals surface area contributed by atoms with E-state index in [1.54, 1.807) is 58.8 Å². The molecule has 1 fully saturated rings. The highest BCUT2D eigenvalue weighted by Crippen LogP contribution is 2.40. The van der Waals surface area contributed by atoms with E-state index in [1.807, 2.05) is 24.3 Å². The summed E-state index contributed by atoms with van der Waals surface area (Å²) in [5.41, 5.74) is 2.82. The van der Waals surface area contributed by atoms with E-state index in [9.17, 15) is 14.0 Å². The lowest BCUT2D eigenvalue weighted by molar-refractivity contribution is -0.120. The Labute approximate surface area is 216 Å². The van der Waals surface area contributed by atoms with Crippen LogP contribution in [0.1, 0.15) is 29.3 Å². The molecule has 0 unspecified atom stereocenters. The molecule has 2 aromatic carbocycles. The number of halogens is 1. The molecule has 1 aliphatic rings. The summed E-state index contributed by atoms with van der Waals surface area (Å²) in [6.07, 6.45) is 6.49. The first-order valence-electron chi connectivity index (χ1n) is 12.0. The van der Waals surface area contributed by atoms with Crippen LogP contribution in [-0.4, -0.2) is 47.4 Å². The van der Waals surface area contributed by atoms with Crippen molar-refractivity contribution >= 4 is 28.4 Å². The lowest BCUT2D eigenvalue weighted by Gasteiger charge is -2.27. The molecule has 10 nitrogen and oxygen atoms in total. The molecule has 4 heterocycles. The fourth-order valence-electron chi connectivity index (χ4n) is 4.93. The first kappa shape index (κ1) is 23.5. The Bertz CT molecular complexity index is 1650. The Balaban J connectivity index is 1.39. The summed E-state index contributed by atoms with van der Waals surface area (Å²) in [5.74, 6) is -1.44. The van der Waals surface area contributed by atoms with Gasteiger partial charge in [0.05, 0.1) is 35.1 Å². The van der Waals surface area contributed by atoms with Crippen LogP contribution in [0.15, 0.2) is 79.4 Å². The topological polar surface area (TPSA) is 111 Å². The molecular weight excluding hydrogens is 487 g/mol. The van der Waals surface area contributed by atoms with Crippen LogP contribution in [0.2, 0.25) is 0 Å².